The average molecular weight is 513 g/mol. The van der Waals surface area contributed by atoms with Crippen LogP contribution in [0.15, 0.2) is 79.0 Å². The molecule has 2 aromatic heterocycles. The second-order valence-corrected chi connectivity index (χ2v) is 9.41. The minimum Gasteiger partial charge on any atom is -0.497 e. The van der Waals surface area contributed by atoms with Crippen LogP contribution in [-0.4, -0.2) is 34.8 Å². The van der Waals surface area contributed by atoms with Crippen molar-refractivity contribution in [3.63, 3.8) is 0 Å². The van der Waals surface area contributed by atoms with Gasteiger partial charge in [0.25, 0.3) is 0 Å². The molecule has 0 spiro atoms. The molecule has 0 aliphatic heterocycles. The molecular weight excluding hydrogens is 488 g/mol. The number of hydrogen-bond donors (Lipinski definition) is 1. The van der Waals surface area contributed by atoms with E-state index in [4.69, 9.17) is 24.3 Å². The number of carbonyl (C=O) groups is 1. The van der Waals surface area contributed by atoms with Gasteiger partial charge in [0.2, 0.25) is 0 Å². The number of aromatic nitrogens is 2. The fourth-order valence-electron chi connectivity index (χ4n) is 3.92. The number of rotatable bonds is 9. The van der Waals surface area contributed by atoms with Gasteiger partial charge in [-0.15, -0.1) is 11.3 Å². The molecule has 0 radical (unpaired) electrons. The Hall–Kier alpha value is -4.43. The van der Waals surface area contributed by atoms with E-state index in [9.17, 15) is 4.79 Å². The predicted octanol–water partition coefficient (Wildman–Crippen LogP) is 6.38. The fourth-order valence-corrected chi connectivity index (χ4v) is 4.90. The largest absolute Gasteiger partial charge is 0.497 e. The van der Waals surface area contributed by atoms with Crippen molar-refractivity contribution in [2.75, 3.05) is 13.7 Å². The summed E-state index contributed by atoms with van der Waals surface area (Å²) in [6.07, 6.45) is 1.88. The lowest BCUT2D eigenvalue weighted by molar-refractivity contribution is -0.139. The van der Waals surface area contributed by atoms with Crippen LogP contribution in [0.25, 0.3) is 32.6 Å². The Morgan fingerprint density at radius 3 is 2.49 bits per heavy atom. The molecule has 186 valence electrons. The molecule has 0 amide bonds. The number of carboxylic acid groups (broad SMARTS) is 1. The molecule has 0 aliphatic rings. The summed E-state index contributed by atoms with van der Waals surface area (Å²) in [7, 11) is 1.64. The fraction of sp³-hybridized carbons (Fsp3) is 0.138. The first-order valence-electron chi connectivity index (χ1n) is 11.6. The molecule has 0 aliphatic carbocycles. The van der Waals surface area contributed by atoms with Crippen LogP contribution in [0.2, 0.25) is 0 Å². The van der Waals surface area contributed by atoms with Gasteiger partial charge in [-0.25, -0.2) is 9.78 Å². The lowest BCUT2D eigenvalue weighted by atomic mass is 10.1. The van der Waals surface area contributed by atoms with Crippen molar-refractivity contribution in [1.29, 1.82) is 0 Å². The molecular formula is C29H24N2O5S. The lowest BCUT2D eigenvalue weighted by Crippen LogP contribution is -2.10. The van der Waals surface area contributed by atoms with E-state index < -0.39 is 5.97 Å². The van der Waals surface area contributed by atoms with E-state index in [1.807, 2.05) is 61.7 Å². The highest BCUT2D eigenvalue weighted by Gasteiger charge is 2.17. The highest BCUT2D eigenvalue weighted by Crippen LogP contribution is 2.38. The first-order valence-corrected chi connectivity index (χ1v) is 12.4. The van der Waals surface area contributed by atoms with E-state index >= 15 is 0 Å². The number of hydrogen-bond acceptors (Lipinski definition) is 7. The van der Waals surface area contributed by atoms with E-state index in [2.05, 4.69) is 17.1 Å². The summed E-state index contributed by atoms with van der Waals surface area (Å²) in [5.41, 5.74) is 4.56. The molecule has 5 rings (SSSR count). The van der Waals surface area contributed by atoms with E-state index in [1.165, 1.54) is 0 Å². The van der Waals surface area contributed by atoms with Gasteiger partial charge in [-0.3, -0.25) is 4.98 Å². The van der Waals surface area contributed by atoms with Gasteiger partial charge < -0.3 is 19.3 Å². The van der Waals surface area contributed by atoms with E-state index in [-0.39, 0.29) is 13.2 Å². The van der Waals surface area contributed by atoms with Crippen LogP contribution in [0.4, 0.5) is 0 Å². The van der Waals surface area contributed by atoms with Gasteiger partial charge in [-0.05, 0) is 67.1 Å². The third-order valence-corrected chi connectivity index (χ3v) is 6.83. The van der Waals surface area contributed by atoms with Gasteiger partial charge in [0.1, 0.15) is 28.9 Å². The number of thiazole rings is 1. The van der Waals surface area contributed by atoms with Crippen molar-refractivity contribution >= 4 is 28.2 Å². The van der Waals surface area contributed by atoms with Crippen LogP contribution in [-0.2, 0) is 11.4 Å². The first kappa shape index (κ1) is 24.3. The topological polar surface area (TPSA) is 90.8 Å². The normalized spacial score (nSPS) is 10.9. The number of methoxy groups -OCH3 is 1. The second-order valence-electron chi connectivity index (χ2n) is 8.33. The molecule has 8 heteroatoms. The molecule has 0 bridgehead atoms. The quantitative estimate of drug-likeness (QED) is 0.245. The van der Waals surface area contributed by atoms with Crippen molar-refractivity contribution < 1.29 is 24.1 Å². The van der Waals surface area contributed by atoms with Crippen LogP contribution >= 0.6 is 11.3 Å². The standard InChI is InChI=1S/C29H24N2O5S/c1-18-13-23(11-12-25(18)36-17-27(32)33)35-16-26-31-28(19-7-9-22(34-2)10-8-19)29(37-26)21-14-20-5-3-4-6-24(20)30-15-21/h3-15H,16-17H2,1-2H3,(H,32,33). The molecule has 0 saturated heterocycles. The summed E-state index contributed by atoms with van der Waals surface area (Å²) in [4.78, 5) is 21.4. The Morgan fingerprint density at radius 1 is 0.946 bits per heavy atom. The number of aryl methyl sites for hydroxylation is 1. The third-order valence-electron chi connectivity index (χ3n) is 5.75. The Labute approximate surface area is 217 Å². The van der Waals surface area contributed by atoms with Crippen molar-refractivity contribution in [3.05, 3.63) is 89.6 Å². The van der Waals surface area contributed by atoms with E-state index in [0.29, 0.717) is 11.5 Å². The van der Waals surface area contributed by atoms with Crippen LogP contribution in [0, 0.1) is 6.92 Å². The summed E-state index contributed by atoms with van der Waals surface area (Å²) >= 11 is 1.57. The Kier molecular flexibility index (Phi) is 7.00. The van der Waals surface area contributed by atoms with Gasteiger partial charge in [0.05, 0.1) is 23.2 Å². The maximum Gasteiger partial charge on any atom is 0.341 e. The van der Waals surface area contributed by atoms with E-state index in [1.54, 1.807) is 30.6 Å². The van der Waals surface area contributed by atoms with Crippen LogP contribution in [0.5, 0.6) is 17.2 Å². The predicted molar refractivity (Wildman–Crippen MR) is 143 cm³/mol. The highest BCUT2D eigenvalue weighted by molar-refractivity contribution is 7.15. The van der Waals surface area contributed by atoms with Crippen molar-refractivity contribution in [1.82, 2.24) is 9.97 Å². The number of carboxylic acids is 1. The zero-order chi connectivity index (χ0) is 25.8. The van der Waals surface area contributed by atoms with Crippen molar-refractivity contribution in [3.8, 4) is 38.9 Å². The van der Waals surface area contributed by atoms with E-state index in [0.717, 1.165) is 48.9 Å². The maximum absolute atomic E-state index is 10.8. The zero-order valence-electron chi connectivity index (χ0n) is 20.3. The van der Waals surface area contributed by atoms with Gasteiger partial charge in [0.15, 0.2) is 6.61 Å². The average Bonchev–Trinajstić information content (AvgIpc) is 3.35. The van der Waals surface area contributed by atoms with Crippen molar-refractivity contribution in [2.24, 2.45) is 0 Å². The molecule has 3 aromatic carbocycles. The summed E-state index contributed by atoms with van der Waals surface area (Å²) in [5, 5.41) is 10.7. The van der Waals surface area contributed by atoms with Gasteiger partial charge in [-0.1, -0.05) is 18.2 Å². The molecule has 0 atom stereocenters. The SMILES string of the molecule is COc1ccc(-c2nc(COc3ccc(OCC(=O)O)c(C)c3)sc2-c2cnc3ccccc3c2)cc1. The summed E-state index contributed by atoms with van der Waals surface area (Å²) in [5.74, 6) is 0.920. The molecule has 1 N–H and O–H groups in total. The van der Waals surface area contributed by atoms with Gasteiger partial charge in [-0.2, -0.15) is 0 Å². The Bertz CT molecular complexity index is 1560. The first-order chi connectivity index (χ1) is 18.0. The summed E-state index contributed by atoms with van der Waals surface area (Å²) in [6.45, 7) is 1.74. The minimum absolute atomic E-state index is 0.281. The molecule has 5 aromatic rings. The Balaban J connectivity index is 1.44. The van der Waals surface area contributed by atoms with Crippen LogP contribution < -0.4 is 14.2 Å². The van der Waals surface area contributed by atoms with Gasteiger partial charge in [0, 0.05) is 22.7 Å². The zero-order valence-corrected chi connectivity index (χ0v) is 21.1. The molecule has 0 unspecified atom stereocenters. The molecule has 0 saturated carbocycles. The molecule has 37 heavy (non-hydrogen) atoms. The monoisotopic (exact) mass is 512 g/mol. The number of benzene rings is 3. The smallest absolute Gasteiger partial charge is 0.341 e. The molecule has 2 heterocycles. The highest BCUT2D eigenvalue weighted by atomic mass is 32.1. The Morgan fingerprint density at radius 2 is 1.73 bits per heavy atom. The number of pyridine rings is 1. The summed E-state index contributed by atoms with van der Waals surface area (Å²) in [6, 6.07) is 23.3. The van der Waals surface area contributed by atoms with Crippen molar-refractivity contribution in [2.45, 2.75) is 13.5 Å². The summed E-state index contributed by atoms with van der Waals surface area (Å²) < 4.78 is 16.7. The number of aliphatic carboxylic acids is 1. The molecule has 0 fully saturated rings. The number of ether oxygens (including phenoxy) is 3. The number of para-hydroxylation sites is 1. The van der Waals surface area contributed by atoms with Gasteiger partial charge >= 0.3 is 5.97 Å². The lowest BCUT2D eigenvalue weighted by Gasteiger charge is -2.09. The number of nitrogens with zero attached hydrogens (tertiary/aromatic N) is 2. The second kappa shape index (κ2) is 10.7. The van der Waals surface area contributed by atoms with Crippen LogP contribution in [0.1, 0.15) is 10.6 Å². The number of fused-ring (bicyclic) bond motifs is 1. The maximum atomic E-state index is 10.8. The third kappa shape index (κ3) is 5.54. The minimum atomic E-state index is -1.02. The molecule has 7 nitrogen and oxygen atoms in total. The van der Waals surface area contributed by atoms with Crippen LogP contribution in [0.3, 0.4) is 0 Å².